The maximum absolute atomic E-state index is 11.9. The second kappa shape index (κ2) is 4.58. The Bertz CT molecular complexity index is 259. The van der Waals surface area contributed by atoms with Gasteiger partial charge in [-0.25, -0.2) is 0 Å². The van der Waals surface area contributed by atoms with Crippen LogP contribution in [0.5, 0.6) is 0 Å². The van der Waals surface area contributed by atoms with Crippen LogP contribution in [0.25, 0.3) is 0 Å². The number of aliphatic hydroxyl groups excluding tert-OH is 1. The van der Waals surface area contributed by atoms with E-state index in [2.05, 4.69) is 0 Å². The highest BCUT2D eigenvalue weighted by Gasteiger charge is 2.05. The van der Waals surface area contributed by atoms with Gasteiger partial charge in [-0.2, -0.15) is 8.78 Å². The summed E-state index contributed by atoms with van der Waals surface area (Å²) in [5.74, 6) is -2.39. The minimum absolute atomic E-state index is 0.504. The van der Waals surface area contributed by atoms with Crippen LogP contribution in [-0.4, -0.2) is 10.9 Å². The highest BCUT2D eigenvalue weighted by molar-refractivity contribution is 7.99. The summed E-state index contributed by atoms with van der Waals surface area (Å²) in [4.78, 5) is 0.513. The lowest BCUT2D eigenvalue weighted by molar-refractivity contribution is 0.199. The molecule has 0 aromatic heterocycles. The van der Waals surface area contributed by atoms with Crippen LogP contribution in [0.3, 0.4) is 0 Å². The molecule has 72 valence electrons. The summed E-state index contributed by atoms with van der Waals surface area (Å²) in [7, 11) is 0. The van der Waals surface area contributed by atoms with E-state index in [-0.39, 0.29) is 0 Å². The third-order valence-electron chi connectivity index (χ3n) is 1.59. The minimum Gasteiger partial charge on any atom is -0.389 e. The number of thioether (sulfide) groups is 1. The minimum atomic E-state index is -2.39. The Kier molecular flexibility index (Phi) is 3.69. The van der Waals surface area contributed by atoms with E-state index in [1.165, 1.54) is 0 Å². The average molecular weight is 204 g/mol. The molecule has 1 aromatic carbocycles. The normalized spacial score (nSPS) is 13.3. The van der Waals surface area contributed by atoms with Gasteiger partial charge in [0.15, 0.2) is 0 Å². The lowest BCUT2D eigenvalue weighted by Gasteiger charge is -2.05. The third kappa shape index (κ3) is 3.32. The molecule has 0 saturated heterocycles. The molecule has 0 fully saturated rings. The number of rotatable bonds is 3. The Hall–Kier alpha value is -0.610. The summed E-state index contributed by atoms with van der Waals surface area (Å²) in [6, 6.07) is 6.46. The Labute approximate surface area is 79.8 Å². The van der Waals surface area contributed by atoms with Gasteiger partial charge in [0, 0.05) is 4.90 Å². The number of hydrogen-bond acceptors (Lipinski definition) is 2. The van der Waals surface area contributed by atoms with E-state index >= 15 is 0 Å². The summed E-state index contributed by atoms with van der Waals surface area (Å²) < 4.78 is 23.8. The molecule has 0 aliphatic rings. The highest BCUT2D eigenvalue weighted by atomic mass is 32.2. The first-order valence-corrected chi connectivity index (χ1v) is 4.70. The summed E-state index contributed by atoms with van der Waals surface area (Å²) >= 11 is 0.504. The van der Waals surface area contributed by atoms with Gasteiger partial charge < -0.3 is 5.11 Å². The van der Waals surface area contributed by atoms with Crippen molar-refractivity contribution in [3.63, 3.8) is 0 Å². The summed E-state index contributed by atoms with van der Waals surface area (Å²) in [5.41, 5.74) is 0.735. The number of benzene rings is 1. The van der Waals surface area contributed by atoms with Gasteiger partial charge in [0.05, 0.1) is 6.10 Å². The molecule has 1 rings (SSSR count). The zero-order valence-corrected chi connectivity index (χ0v) is 7.89. The Morgan fingerprint density at radius 2 is 1.77 bits per heavy atom. The molecule has 0 heterocycles. The van der Waals surface area contributed by atoms with Crippen LogP contribution in [-0.2, 0) is 0 Å². The van der Waals surface area contributed by atoms with Crippen LogP contribution in [0, 0.1) is 0 Å². The van der Waals surface area contributed by atoms with Crippen molar-refractivity contribution >= 4 is 11.8 Å². The number of hydrogen-bond donors (Lipinski definition) is 1. The molecule has 0 aliphatic carbocycles. The second-order valence-electron chi connectivity index (χ2n) is 2.62. The monoisotopic (exact) mass is 204 g/mol. The molecule has 0 unspecified atom stereocenters. The molecule has 0 amide bonds. The van der Waals surface area contributed by atoms with E-state index in [1.807, 2.05) is 0 Å². The van der Waals surface area contributed by atoms with Gasteiger partial charge in [-0.05, 0) is 24.6 Å². The Morgan fingerprint density at radius 3 is 2.15 bits per heavy atom. The predicted molar refractivity (Wildman–Crippen MR) is 48.9 cm³/mol. The van der Waals surface area contributed by atoms with Crippen LogP contribution in [0.2, 0.25) is 0 Å². The van der Waals surface area contributed by atoms with Crippen LogP contribution < -0.4 is 0 Å². The average Bonchev–Trinajstić information content (AvgIpc) is 2.04. The fraction of sp³-hybridized carbons (Fsp3) is 0.333. The molecule has 4 heteroatoms. The van der Waals surface area contributed by atoms with Gasteiger partial charge in [0.2, 0.25) is 0 Å². The Morgan fingerprint density at radius 1 is 1.23 bits per heavy atom. The van der Waals surface area contributed by atoms with Gasteiger partial charge in [-0.15, -0.1) is 0 Å². The third-order valence-corrected chi connectivity index (χ3v) is 2.31. The summed E-state index contributed by atoms with van der Waals surface area (Å²) in [5, 5.41) is 9.14. The smallest absolute Gasteiger partial charge is 0.288 e. The summed E-state index contributed by atoms with van der Waals surface area (Å²) in [6.07, 6.45) is -0.550. The van der Waals surface area contributed by atoms with Gasteiger partial charge in [-0.1, -0.05) is 23.9 Å². The molecular weight excluding hydrogens is 194 g/mol. The van der Waals surface area contributed by atoms with Crippen molar-refractivity contribution in [2.45, 2.75) is 23.7 Å². The molecule has 1 N–H and O–H groups in total. The molecule has 13 heavy (non-hydrogen) atoms. The molecule has 0 bridgehead atoms. The molecule has 0 aliphatic heterocycles. The standard InChI is InChI=1S/C9H10F2OS/c1-6(12)7-2-4-8(5-3-7)13-9(10)11/h2-6,9,12H,1H3/t6-/m0/s1. The van der Waals surface area contributed by atoms with Gasteiger partial charge in [-0.3, -0.25) is 0 Å². The van der Waals surface area contributed by atoms with E-state index in [4.69, 9.17) is 5.11 Å². The van der Waals surface area contributed by atoms with Crippen LogP contribution >= 0.6 is 11.8 Å². The van der Waals surface area contributed by atoms with Crippen molar-refractivity contribution in [2.75, 3.05) is 0 Å². The van der Waals surface area contributed by atoms with Crippen LogP contribution in [0.15, 0.2) is 29.2 Å². The number of halogens is 2. The zero-order valence-electron chi connectivity index (χ0n) is 7.08. The van der Waals surface area contributed by atoms with Crippen molar-refractivity contribution in [1.82, 2.24) is 0 Å². The van der Waals surface area contributed by atoms with Crippen molar-refractivity contribution < 1.29 is 13.9 Å². The molecule has 0 radical (unpaired) electrons. The molecule has 1 atom stereocenters. The number of aliphatic hydroxyl groups is 1. The Balaban J connectivity index is 2.70. The first-order valence-electron chi connectivity index (χ1n) is 3.82. The second-order valence-corrected chi connectivity index (χ2v) is 3.69. The van der Waals surface area contributed by atoms with E-state index in [0.717, 1.165) is 5.56 Å². The van der Waals surface area contributed by atoms with Crippen LogP contribution in [0.1, 0.15) is 18.6 Å². The largest absolute Gasteiger partial charge is 0.389 e. The van der Waals surface area contributed by atoms with Gasteiger partial charge >= 0.3 is 0 Å². The van der Waals surface area contributed by atoms with E-state index < -0.39 is 11.9 Å². The van der Waals surface area contributed by atoms with E-state index in [9.17, 15) is 8.78 Å². The molecule has 0 spiro atoms. The maximum atomic E-state index is 11.9. The quantitative estimate of drug-likeness (QED) is 0.763. The van der Waals surface area contributed by atoms with E-state index in [0.29, 0.717) is 16.7 Å². The molecule has 0 saturated carbocycles. The fourth-order valence-corrected chi connectivity index (χ4v) is 1.43. The van der Waals surface area contributed by atoms with E-state index in [1.54, 1.807) is 31.2 Å². The van der Waals surface area contributed by atoms with Gasteiger partial charge in [0.1, 0.15) is 0 Å². The lowest BCUT2D eigenvalue weighted by Crippen LogP contribution is -1.90. The van der Waals surface area contributed by atoms with Crippen molar-refractivity contribution in [3.05, 3.63) is 29.8 Å². The number of alkyl halides is 2. The molecular formula is C9H10F2OS. The predicted octanol–water partition coefficient (Wildman–Crippen LogP) is 3.05. The molecule has 1 aromatic rings. The van der Waals surface area contributed by atoms with Crippen molar-refractivity contribution in [3.8, 4) is 0 Å². The SMILES string of the molecule is C[C@H](O)c1ccc(SC(F)F)cc1. The van der Waals surface area contributed by atoms with Crippen molar-refractivity contribution in [1.29, 1.82) is 0 Å². The summed E-state index contributed by atoms with van der Waals surface area (Å²) in [6.45, 7) is 1.63. The first-order chi connectivity index (χ1) is 6.09. The van der Waals surface area contributed by atoms with Crippen LogP contribution in [0.4, 0.5) is 8.78 Å². The van der Waals surface area contributed by atoms with Crippen molar-refractivity contribution in [2.24, 2.45) is 0 Å². The topological polar surface area (TPSA) is 20.2 Å². The molecule has 1 nitrogen and oxygen atoms in total. The van der Waals surface area contributed by atoms with Gasteiger partial charge in [0.25, 0.3) is 5.76 Å². The lowest BCUT2D eigenvalue weighted by atomic mass is 10.1. The zero-order chi connectivity index (χ0) is 9.84. The highest BCUT2D eigenvalue weighted by Crippen LogP contribution is 2.26. The fourth-order valence-electron chi connectivity index (χ4n) is 0.928. The first kappa shape index (κ1) is 10.5. The maximum Gasteiger partial charge on any atom is 0.288 e.